The van der Waals surface area contributed by atoms with Gasteiger partial charge in [0.05, 0.1) is 5.60 Å². The van der Waals surface area contributed by atoms with Gasteiger partial charge in [0.15, 0.2) is 0 Å². The second-order valence-electron chi connectivity index (χ2n) is 7.58. The molecule has 2 nitrogen and oxygen atoms in total. The van der Waals surface area contributed by atoms with E-state index in [-0.39, 0.29) is 0 Å². The Bertz CT molecular complexity index is 409. The molecule has 1 aliphatic rings. The van der Waals surface area contributed by atoms with Crippen molar-refractivity contribution in [1.82, 2.24) is 4.90 Å². The predicted octanol–water partition coefficient (Wildman–Crippen LogP) is 3.84. The molecule has 0 aliphatic carbocycles. The molecule has 2 heteroatoms. The third-order valence-corrected chi connectivity index (χ3v) is 4.22. The Morgan fingerprint density at radius 3 is 2.55 bits per heavy atom. The topological polar surface area (TPSA) is 23.5 Å². The molecule has 0 radical (unpaired) electrons. The van der Waals surface area contributed by atoms with Crippen LogP contribution in [-0.4, -0.2) is 28.7 Å². The molecule has 1 saturated heterocycles. The minimum absolute atomic E-state index is 0.303. The van der Waals surface area contributed by atoms with E-state index in [1.165, 1.54) is 5.56 Å². The van der Waals surface area contributed by atoms with E-state index in [4.69, 9.17) is 0 Å². The quantitative estimate of drug-likeness (QED) is 0.902. The lowest BCUT2D eigenvalue weighted by Crippen LogP contribution is -2.48. The molecule has 112 valence electrons. The molecule has 1 unspecified atom stereocenters. The summed E-state index contributed by atoms with van der Waals surface area (Å²) in [6.07, 6.45) is 4.06. The van der Waals surface area contributed by atoms with Crippen molar-refractivity contribution < 1.29 is 5.11 Å². The second-order valence-corrected chi connectivity index (χ2v) is 7.58. The van der Waals surface area contributed by atoms with Crippen molar-refractivity contribution in [3.8, 4) is 0 Å². The minimum atomic E-state index is -0.486. The maximum Gasteiger partial charge on any atom is 0.0774 e. The maximum atomic E-state index is 10.8. The fourth-order valence-electron chi connectivity index (χ4n) is 2.99. The molecule has 0 bridgehead atoms. The number of rotatable bonds is 4. The minimum Gasteiger partial charge on any atom is -0.389 e. The van der Waals surface area contributed by atoms with Crippen LogP contribution in [0, 0.1) is 5.41 Å². The second kappa shape index (κ2) is 6.28. The first-order valence-corrected chi connectivity index (χ1v) is 7.85. The number of nitrogens with zero attached hydrogens (tertiary/aromatic N) is 1. The number of piperidine rings is 1. The van der Waals surface area contributed by atoms with Crippen molar-refractivity contribution in [2.45, 2.75) is 58.6 Å². The molecule has 1 N–H and O–H groups in total. The third kappa shape index (κ3) is 4.92. The largest absolute Gasteiger partial charge is 0.389 e. The van der Waals surface area contributed by atoms with Gasteiger partial charge in [-0.3, -0.25) is 4.90 Å². The summed E-state index contributed by atoms with van der Waals surface area (Å²) in [7, 11) is 0. The average molecular weight is 275 g/mol. The first-order valence-electron chi connectivity index (χ1n) is 7.85. The van der Waals surface area contributed by atoms with E-state index in [2.05, 4.69) is 56.0 Å². The van der Waals surface area contributed by atoms with E-state index >= 15 is 0 Å². The van der Waals surface area contributed by atoms with E-state index in [1.54, 1.807) is 0 Å². The van der Waals surface area contributed by atoms with Gasteiger partial charge in [0, 0.05) is 13.1 Å². The van der Waals surface area contributed by atoms with Gasteiger partial charge in [0.25, 0.3) is 0 Å². The lowest BCUT2D eigenvalue weighted by atomic mass is 9.81. The molecule has 1 aliphatic heterocycles. The van der Waals surface area contributed by atoms with Gasteiger partial charge in [0.1, 0.15) is 0 Å². The van der Waals surface area contributed by atoms with Crippen LogP contribution >= 0.6 is 0 Å². The number of hydrogen-bond donors (Lipinski definition) is 1. The van der Waals surface area contributed by atoms with Crippen LogP contribution in [0.25, 0.3) is 0 Å². The zero-order valence-electron chi connectivity index (χ0n) is 13.2. The Balaban J connectivity index is 1.90. The van der Waals surface area contributed by atoms with Gasteiger partial charge in [-0.15, -0.1) is 0 Å². The van der Waals surface area contributed by atoms with E-state index in [0.717, 1.165) is 45.3 Å². The summed E-state index contributed by atoms with van der Waals surface area (Å²) in [6.45, 7) is 9.63. The van der Waals surface area contributed by atoms with Gasteiger partial charge in [-0.25, -0.2) is 0 Å². The molecule has 20 heavy (non-hydrogen) atoms. The van der Waals surface area contributed by atoms with Crippen LogP contribution in [0.3, 0.4) is 0 Å². The summed E-state index contributed by atoms with van der Waals surface area (Å²) in [5.41, 5.74) is 1.16. The fourth-order valence-corrected chi connectivity index (χ4v) is 2.99. The van der Waals surface area contributed by atoms with Gasteiger partial charge in [-0.2, -0.15) is 0 Å². The van der Waals surface area contributed by atoms with Crippen LogP contribution in [0.1, 0.15) is 52.0 Å². The molecule has 1 aromatic rings. The number of aliphatic hydroxyl groups is 1. The van der Waals surface area contributed by atoms with Gasteiger partial charge >= 0.3 is 0 Å². The molecule has 0 spiro atoms. The highest BCUT2D eigenvalue weighted by Crippen LogP contribution is 2.31. The highest BCUT2D eigenvalue weighted by Gasteiger charge is 2.33. The standard InChI is InChI=1S/C18H29NO/c1-17(2,3)11-12-18(20)10-7-13-19(15-18)14-16-8-5-4-6-9-16/h4-6,8-9,20H,7,10-15H2,1-3H3. The Hall–Kier alpha value is -0.860. The third-order valence-electron chi connectivity index (χ3n) is 4.22. The Morgan fingerprint density at radius 1 is 1.20 bits per heavy atom. The van der Waals surface area contributed by atoms with Crippen LogP contribution in [0.4, 0.5) is 0 Å². The van der Waals surface area contributed by atoms with Crippen LogP contribution in [0.2, 0.25) is 0 Å². The van der Waals surface area contributed by atoms with E-state index < -0.39 is 5.60 Å². The summed E-state index contributed by atoms with van der Waals surface area (Å²) in [6, 6.07) is 10.6. The molecule has 2 rings (SSSR count). The molecular weight excluding hydrogens is 246 g/mol. The summed E-state index contributed by atoms with van der Waals surface area (Å²) >= 11 is 0. The van der Waals surface area contributed by atoms with E-state index in [9.17, 15) is 5.11 Å². The van der Waals surface area contributed by atoms with Crippen molar-refractivity contribution in [2.75, 3.05) is 13.1 Å². The number of β-amino-alcohol motifs (C(OH)–C–C–N with tert-alkyl or cyclic N) is 1. The van der Waals surface area contributed by atoms with Crippen molar-refractivity contribution in [1.29, 1.82) is 0 Å². The van der Waals surface area contributed by atoms with Gasteiger partial charge in [-0.1, -0.05) is 51.1 Å². The monoisotopic (exact) mass is 275 g/mol. The van der Waals surface area contributed by atoms with Crippen LogP contribution in [0.15, 0.2) is 30.3 Å². The zero-order chi connectivity index (χ0) is 14.6. The molecule has 1 atom stereocenters. The normalized spacial score (nSPS) is 24.8. The molecule has 1 fully saturated rings. The molecule has 0 amide bonds. The lowest BCUT2D eigenvalue weighted by Gasteiger charge is -2.40. The summed E-state index contributed by atoms with van der Waals surface area (Å²) in [5.74, 6) is 0. The van der Waals surface area contributed by atoms with Crippen LogP contribution in [-0.2, 0) is 6.54 Å². The fraction of sp³-hybridized carbons (Fsp3) is 0.667. The van der Waals surface area contributed by atoms with Gasteiger partial charge in [0.2, 0.25) is 0 Å². The molecule has 1 heterocycles. The summed E-state index contributed by atoms with van der Waals surface area (Å²) in [5, 5.41) is 10.8. The van der Waals surface area contributed by atoms with Crippen molar-refractivity contribution in [3.05, 3.63) is 35.9 Å². The predicted molar refractivity (Wildman–Crippen MR) is 84.6 cm³/mol. The first kappa shape index (κ1) is 15.5. The SMILES string of the molecule is CC(C)(C)CCC1(O)CCCN(Cc2ccccc2)C1. The smallest absolute Gasteiger partial charge is 0.0774 e. The zero-order valence-corrected chi connectivity index (χ0v) is 13.2. The highest BCUT2D eigenvalue weighted by molar-refractivity contribution is 5.14. The maximum absolute atomic E-state index is 10.8. The first-order chi connectivity index (χ1) is 9.36. The number of likely N-dealkylation sites (tertiary alicyclic amines) is 1. The summed E-state index contributed by atoms with van der Waals surface area (Å²) in [4.78, 5) is 2.40. The Labute approximate surface area is 123 Å². The lowest BCUT2D eigenvalue weighted by molar-refractivity contribution is -0.0455. The molecule has 0 saturated carbocycles. The Morgan fingerprint density at radius 2 is 1.90 bits per heavy atom. The molecule has 1 aromatic carbocycles. The number of hydrogen-bond acceptors (Lipinski definition) is 2. The number of benzene rings is 1. The Kier molecular flexibility index (Phi) is 4.87. The van der Waals surface area contributed by atoms with Crippen LogP contribution < -0.4 is 0 Å². The summed E-state index contributed by atoms with van der Waals surface area (Å²) < 4.78 is 0. The highest BCUT2D eigenvalue weighted by atomic mass is 16.3. The van der Waals surface area contributed by atoms with Crippen molar-refractivity contribution >= 4 is 0 Å². The van der Waals surface area contributed by atoms with Crippen molar-refractivity contribution in [2.24, 2.45) is 5.41 Å². The van der Waals surface area contributed by atoms with E-state index in [0.29, 0.717) is 5.41 Å². The van der Waals surface area contributed by atoms with Gasteiger partial charge in [-0.05, 0) is 43.2 Å². The average Bonchev–Trinajstić information content (AvgIpc) is 2.37. The van der Waals surface area contributed by atoms with Crippen molar-refractivity contribution in [3.63, 3.8) is 0 Å². The molecular formula is C18H29NO. The van der Waals surface area contributed by atoms with E-state index in [1.807, 2.05) is 0 Å². The molecule has 0 aromatic heterocycles. The van der Waals surface area contributed by atoms with Crippen LogP contribution in [0.5, 0.6) is 0 Å². The van der Waals surface area contributed by atoms with Gasteiger partial charge < -0.3 is 5.11 Å².